The van der Waals surface area contributed by atoms with Crippen LogP contribution in [0.25, 0.3) is 11.0 Å². The lowest BCUT2D eigenvalue weighted by molar-refractivity contribution is -0.127. The van der Waals surface area contributed by atoms with Crippen LogP contribution < -0.4 is 15.0 Å². The highest BCUT2D eigenvalue weighted by molar-refractivity contribution is 6.12. The van der Waals surface area contributed by atoms with Gasteiger partial charge in [-0.25, -0.2) is 4.98 Å². The first-order valence-electron chi connectivity index (χ1n) is 11.8. The SMILES string of the molecule is COc1ccc(N2C(=O)c3nc4ccccc4n3CC2(C)C(=O)NC2CCCCCC2)cc1. The molecule has 3 aromatic rings. The summed E-state index contributed by atoms with van der Waals surface area (Å²) in [6.07, 6.45) is 6.64. The summed E-state index contributed by atoms with van der Waals surface area (Å²) in [5.74, 6) is 0.648. The third-order valence-corrected chi connectivity index (χ3v) is 7.02. The Hall–Kier alpha value is -3.35. The summed E-state index contributed by atoms with van der Waals surface area (Å²) in [4.78, 5) is 33.9. The fourth-order valence-corrected chi connectivity index (χ4v) is 5.17. The van der Waals surface area contributed by atoms with E-state index in [-0.39, 0.29) is 17.9 Å². The molecule has 1 unspecified atom stereocenters. The molecule has 1 saturated carbocycles. The van der Waals surface area contributed by atoms with E-state index in [2.05, 4.69) is 10.3 Å². The van der Waals surface area contributed by atoms with E-state index in [1.165, 1.54) is 12.8 Å². The van der Waals surface area contributed by atoms with E-state index in [9.17, 15) is 9.59 Å². The molecule has 1 fully saturated rings. The van der Waals surface area contributed by atoms with Crippen molar-refractivity contribution in [3.63, 3.8) is 0 Å². The predicted molar refractivity (Wildman–Crippen MR) is 128 cm³/mol. The minimum absolute atomic E-state index is 0.123. The number of imidazole rings is 1. The zero-order valence-corrected chi connectivity index (χ0v) is 19.2. The van der Waals surface area contributed by atoms with Crippen molar-refractivity contribution in [3.8, 4) is 5.75 Å². The summed E-state index contributed by atoms with van der Waals surface area (Å²) >= 11 is 0. The van der Waals surface area contributed by atoms with Gasteiger partial charge in [0.1, 0.15) is 11.3 Å². The Labute approximate surface area is 193 Å². The van der Waals surface area contributed by atoms with E-state index >= 15 is 0 Å². The van der Waals surface area contributed by atoms with Crippen LogP contribution in [-0.2, 0) is 11.3 Å². The van der Waals surface area contributed by atoms with E-state index in [0.29, 0.717) is 23.8 Å². The van der Waals surface area contributed by atoms with Crippen LogP contribution in [-0.4, -0.2) is 40.1 Å². The standard InChI is InChI=1S/C26H30N4O3/c1-26(25(32)27-18-9-5-3-4-6-10-18)17-29-22-12-8-7-11-21(22)28-23(29)24(31)30(26)19-13-15-20(33-2)16-14-19/h7-8,11-16,18H,3-6,9-10,17H2,1-2H3,(H,27,32). The number of nitrogens with one attached hydrogen (secondary N) is 1. The molecule has 1 aliphatic heterocycles. The van der Waals surface area contributed by atoms with Crippen LogP contribution >= 0.6 is 0 Å². The van der Waals surface area contributed by atoms with Gasteiger partial charge in [0.05, 0.1) is 24.7 Å². The smallest absolute Gasteiger partial charge is 0.295 e. The Morgan fingerprint density at radius 3 is 2.45 bits per heavy atom. The zero-order valence-electron chi connectivity index (χ0n) is 19.2. The lowest BCUT2D eigenvalue weighted by Gasteiger charge is -2.44. The molecule has 0 radical (unpaired) electrons. The normalized spacial score (nSPS) is 21.5. The van der Waals surface area contributed by atoms with E-state index < -0.39 is 5.54 Å². The molecule has 1 aliphatic carbocycles. The van der Waals surface area contributed by atoms with Gasteiger partial charge in [-0.05, 0) is 56.2 Å². The molecular weight excluding hydrogens is 416 g/mol. The Morgan fingerprint density at radius 1 is 1.06 bits per heavy atom. The summed E-state index contributed by atoms with van der Waals surface area (Å²) in [7, 11) is 1.60. The summed E-state index contributed by atoms with van der Waals surface area (Å²) in [6, 6.07) is 15.1. The van der Waals surface area contributed by atoms with Crippen LogP contribution in [0.15, 0.2) is 48.5 Å². The van der Waals surface area contributed by atoms with Gasteiger partial charge >= 0.3 is 0 Å². The number of methoxy groups -OCH3 is 1. The van der Waals surface area contributed by atoms with Gasteiger partial charge < -0.3 is 14.6 Å². The van der Waals surface area contributed by atoms with Crippen molar-refractivity contribution in [1.82, 2.24) is 14.9 Å². The van der Waals surface area contributed by atoms with Gasteiger partial charge in [-0.1, -0.05) is 37.8 Å². The number of rotatable bonds is 4. The Balaban J connectivity index is 1.58. The molecule has 7 heteroatoms. The topological polar surface area (TPSA) is 76.5 Å². The highest BCUT2D eigenvalue weighted by atomic mass is 16.5. The second-order valence-corrected chi connectivity index (χ2v) is 9.28. The number of para-hydroxylation sites is 2. The molecule has 2 amide bonds. The molecule has 1 atom stereocenters. The number of carbonyl (C=O) groups is 2. The van der Waals surface area contributed by atoms with Crippen molar-refractivity contribution >= 4 is 28.5 Å². The molecule has 2 aliphatic rings. The molecule has 0 bridgehead atoms. The number of nitrogens with zero attached hydrogens (tertiary/aromatic N) is 3. The second-order valence-electron chi connectivity index (χ2n) is 9.28. The average molecular weight is 447 g/mol. The molecule has 5 rings (SSSR count). The average Bonchev–Trinajstić information content (AvgIpc) is 3.00. The first-order valence-corrected chi connectivity index (χ1v) is 11.8. The zero-order chi connectivity index (χ0) is 23.0. The minimum atomic E-state index is -1.10. The maximum Gasteiger partial charge on any atom is 0.295 e. The van der Waals surface area contributed by atoms with Crippen LogP contribution in [0.4, 0.5) is 5.69 Å². The van der Waals surface area contributed by atoms with E-state index in [4.69, 9.17) is 4.74 Å². The number of hydrogen-bond donors (Lipinski definition) is 1. The first kappa shape index (κ1) is 21.5. The predicted octanol–water partition coefficient (Wildman–Crippen LogP) is 4.30. The number of anilines is 1. The fraction of sp³-hybridized carbons (Fsp3) is 0.423. The highest BCUT2D eigenvalue weighted by Crippen LogP contribution is 2.35. The van der Waals surface area contributed by atoms with Gasteiger partial charge in [0.15, 0.2) is 0 Å². The number of carbonyl (C=O) groups excluding carboxylic acids is 2. The largest absolute Gasteiger partial charge is 0.497 e. The van der Waals surface area contributed by atoms with Crippen LogP contribution in [0, 0.1) is 0 Å². The fourth-order valence-electron chi connectivity index (χ4n) is 5.17. The molecule has 0 spiro atoms. The van der Waals surface area contributed by atoms with Gasteiger partial charge in [0, 0.05) is 11.7 Å². The Kier molecular flexibility index (Phi) is 5.56. The third kappa shape index (κ3) is 3.75. The van der Waals surface area contributed by atoms with Gasteiger partial charge in [-0.3, -0.25) is 14.5 Å². The monoisotopic (exact) mass is 446 g/mol. The van der Waals surface area contributed by atoms with Crippen molar-refractivity contribution in [2.24, 2.45) is 0 Å². The summed E-state index contributed by atoms with van der Waals surface area (Å²) in [5.41, 5.74) is 1.17. The number of fused-ring (bicyclic) bond motifs is 3. The van der Waals surface area contributed by atoms with Crippen LogP contribution in [0.1, 0.15) is 56.1 Å². The number of aromatic nitrogens is 2. The Bertz CT molecular complexity index is 1180. The lowest BCUT2D eigenvalue weighted by Crippen LogP contribution is -2.65. The molecular formula is C26H30N4O3. The summed E-state index contributed by atoms with van der Waals surface area (Å²) < 4.78 is 7.19. The number of ether oxygens (including phenoxy) is 1. The van der Waals surface area contributed by atoms with Gasteiger partial charge in [0.25, 0.3) is 5.91 Å². The number of benzene rings is 2. The molecule has 0 saturated heterocycles. The molecule has 2 aromatic carbocycles. The van der Waals surface area contributed by atoms with E-state index in [1.54, 1.807) is 12.0 Å². The second kappa shape index (κ2) is 8.54. The van der Waals surface area contributed by atoms with E-state index in [0.717, 1.165) is 36.7 Å². The van der Waals surface area contributed by atoms with Crippen molar-refractivity contribution in [2.45, 2.75) is 63.6 Å². The third-order valence-electron chi connectivity index (χ3n) is 7.02. The maximum atomic E-state index is 13.9. The van der Waals surface area contributed by atoms with Crippen molar-refractivity contribution in [2.75, 3.05) is 12.0 Å². The molecule has 7 nitrogen and oxygen atoms in total. The molecule has 172 valence electrons. The molecule has 1 aromatic heterocycles. The first-order chi connectivity index (χ1) is 16.0. The molecule has 2 heterocycles. The quantitative estimate of drug-likeness (QED) is 0.606. The summed E-state index contributed by atoms with van der Waals surface area (Å²) in [6.45, 7) is 2.19. The Morgan fingerprint density at radius 2 is 1.76 bits per heavy atom. The highest BCUT2D eigenvalue weighted by Gasteiger charge is 2.49. The van der Waals surface area contributed by atoms with Gasteiger partial charge in [-0.2, -0.15) is 0 Å². The molecule has 1 N–H and O–H groups in total. The van der Waals surface area contributed by atoms with Crippen LogP contribution in [0.5, 0.6) is 5.75 Å². The van der Waals surface area contributed by atoms with Crippen molar-refractivity contribution in [1.29, 1.82) is 0 Å². The number of amides is 2. The maximum absolute atomic E-state index is 13.9. The van der Waals surface area contributed by atoms with Crippen LogP contribution in [0.2, 0.25) is 0 Å². The summed E-state index contributed by atoms with van der Waals surface area (Å²) in [5, 5.41) is 3.29. The lowest BCUT2D eigenvalue weighted by atomic mass is 9.93. The van der Waals surface area contributed by atoms with Crippen molar-refractivity contribution in [3.05, 3.63) is 54.4 Å². The minimum Gasteiger partial charge on any atom is -0.497 e. The van der Waals surface area contributed by atoms with Crippen LogP contribution in [0.3, 0.4) is 0 Å². The molecule has 33 heavy (non-hydrogen) atoms. The number of hydrogen-bond acceptors (Lipinski definition) is 4. The van der Waals surface area contributed by atoms with E-state index in [1.807, 2.05) is 60.0 Å². The van der Waals surface area contributed by atoms with Gasteiger partial charge in [0.2, 0.25) is 11.7 Å². The van der Waals surface area contributed by atoms with Gasteiger partial charge in [-0.15, -0.1) is 0 Å². The van der Waals surface area contributed by atoms with Crippen molar-refractivity contribution < 1.29 is 14.3 Å².